The molecule has 3 rings (SSSR count). The fourth-order valence-corrected chi connectivity index (χ4v) is 3.39. The van der Waals surface area contributed by atoms with Crippen LogP contribution in [0.15, 0.2) is 40.5 Å². The van der Waals surface area contributed by atoms with E-state index in [-0.39, 0.29) is 29.3 Å². The molecule has 9 nitrogen and oxygen atoms in total. The number of rotatable bonds is 9. The van der Waals surface area contributed by atoms with Crippen molar-refractivity contribution in [1.29, 1.82) is 0 Å². The maximum absolute atomic E-state index is 12.9. The summed E-state index contributed by atoms with van der Waals surface area (Å²) in [7, 11) is 0. The average molecular weight is 402 g/mol. The molecule has 28 heavy (non-hydrogen) atoms. The molecule has 0 fully saturated rings. The van der Waals surface area contributed by atoms with Crippen molar-refractivity contribution in [3.05, 3.63) is 40.9 Å². The normalized spacial score (nSPS) is 11.2. The lowest BCUT2D eigenvalue weighted by Gasteiger charge is -2.13. The molecule has 2 aromatic heterocycles. The van der Waals surface area contributed by atoms with Gasteiger partial charge in [0.1, 0.15) is 6.33 Å². The van der Waals surface area contributed by atoms with Gasteiger partial charge in [0, 0.05) is 13.2 Å². The molecule has 2 N–H and O–H groups in total. The first-order valence-electron chi connectivity index (χ1n) is 8.94. The van der Waals surface area contributed by atoms with E-state index in [2.05, 4.69) is 25.5 Å². The Labute approximate surface area is 165 Å². The number of amides is 1. The maximum Gasteiger partial charge on any atom is 0.262 e. The van der Waals surface area contributed by atoms with Gasteiger partial charge >= 0.3 is 0 Å². The first-order valence-corrected chi connectivity index (χ1v) is 9.92. The second-order valence-corrected chi connectivity index (χ2v) is 7.25. The highest BCUT2D eigenvalue weighted by Gasteiger charge is 2.14. The van der Waals surface area contributed by atoms with Gasteiger partial charge < -0.3 is 4.74 Å². The number of anilines is 1. The molecule has 0 saturated heterocycles. The molecule has 0 spiro atoms. The fourth-order valence-electron chi connectivity index (χ4n) is 2.56. The quantitative estimate of drug-likeness (QED) is 0.320. The summed E-state index contributed by atoms with van der Waals surface area (Å²) < 4.78 is 7.17. The molecule has 0 aliphatic heterocycles. The Morgan fingerprint density at radius 3 is 2.93 bits per heavy atom. The van der Waals surface area contributed by atoms with Crippen molar-refractivity contribution >= 4 is 34.5 Å². The number of aromatic amines is 1. The number of thioether (sulfide) groups is 1. The van der Waals surface area contributed by atoms with E-state index in [4.69, 9.17) is 4.74 Å². The second-order valence-electron chi connectivity index (χ2n) is 6.31. The summed E-state index contributed by atoms with van der Waals surface area (Å²) >= 11 is 1.21. The molecular weight excluding hydrogens is 380 g/mol. The fraction of sp³-hybridized carbons (Fsp3) is 0.389. The zero-order valence-electron chi connectivity index (χ0n) is 15.7. The van der Waals surface area contributed by atoms with Crippen LogP contribution >= 0.6 is 11.8 Å². The van der Waals surface area contributed by atoms with Crippen molar-refractivity contribution in [3.8, 4) is 0 Å². The number of nitrogens with one attached hydrogen (secondary N) is 2. The number of carbonyl (C=O) groups is 1. The Bertz CT molecular complexity index is 987. The van der Waals surface area contributed by atoms with Crippen LogP contribution in [0.4, 0.5) is 5.95 Å². The Hall–Kier alpha value is -2.72. The molecule has 0 aliphatic rings. The SMILES string of the molecule is CC(C)OCCCn1c(SCC(=O)Nc2ncn[nH]2)nc2ccccc2c1=O. The number of aromatic nitrogens is 5. The monoisotopic (exact) mass is 402 g/mol. The second kappa shape index (κ2) is 9.47. The standard InChI is InChI=1S/C18H22N6O3S/c1-12(2)27-9-5-8-24-16(26)13-6-3-4-7-14(13)21-18(24)28-10-15(25)22-17-19-11-20-23-17/h3-4,6-7,11-12H,5,8-10H2,1-2H3,(H2,19,20,22,23,25). The number of hydrogen-bond donors (Lipinski definition) is 2. The van der Waals surface area contributed by atoms with Crippen LogP contribution in [0.2, 0.25) is 0 Å². The Morgan fingerprint density at radius 1 is 1.36 bits per heavy atom. The lowest BCUT2D eigenvalue weighted by Crippen LogP contribution is -2.25. The van der Waals surface area contributed by atoms with Crippen LogP contribution in [0.3, 0.4) is 0 Å². The molecule has 0 saturated carbocycles. The number of nitrogens with zero attached hydrogens (tertiary/aromatic N) is 4. The van der Waals surface area contributed by atoms with E-state index in [0.29, 0.717) is 35.6 Å². The number of fused-ring (bicyclic) bond motifs is 1. The zero-order chi connectivity index (χ0) is 19.9. The van der Waals surface area contributed by atoms with E-state index in [1.165, 1.54) is 18.1 Å². The summed E-state index contributed by atoms with van der Waals surface area (Å²) in [6, 6.07) is 7.20. The smallest absolute Gasteiger partial charge is 0.262 e. The van der Waals surface area contributed by atoms with Crippen molar-refractivity contribution in [2.24, 2.45) is 0 Å². The summed E-state index contributed by atoms with van der Waals surface area (Å²) in [4.78, 5) is 33.5. The number of H-pyrrole nitrogens is 1. The van der Waals surface area contributed by atoms with Crippen LogP contribution in [0.1, 0.15) is 20.3 Å². The van der Waals surface area contributed by atoms with Crippen molar-refractivity contribution < 1.29 is 9.53 Å². The predicted molar refractivity (Wildman–Crippen MR) is 107 cm³/mol. The molecular formula is C18H22N6O3S. The minimum Gasteiger partial charge on any atom is -0.379 e. The van der Waals surface area contributed by atoms with Gasteiger partial charge in [-0.1, -0.05) is 23.9 Å². The van der Waals surface area contributed by atoms with Gasteiger partial charge in [-0.05, 0) is 32.4 Å². The van der Waals surface area contributed by atoms with E-state index < -0.39 is 0 Å². The van der Waals surface area contributed by atoms with Crippen LogP contribution in [-0.2, 0) is 16.1 Å². The summed E-state index contributed by atoms with van der Waals surface area (Å²) in [5.41, 5.74) is 0.494. The van der Waals surface area contributed by atoms with E-state index in [1.54, 1.807) is 16.7 Å². The van der Waals surface area contributed by atoms with E-state index >= 15 is 0 Å². The maximum atomic E-state index is 12.9. The summed E-state index contributed by atoms with van der Waals surface area (Å²) in [5.74, 6) is 0.104. The lowest BCUT2D eigenvalue weighted by atomic mass is 10.2. The minimum atomic E-state index is -0.265. The Morgan fingerprint density at radius 2 is 2.18 bits per heavy atom. The molecule has 0 atom stereocenters. The molecule has 10 heteroatoms. The van der Waals surface area contributed by atoms with Gasteiger partial charge in [-0.25, -0.2) is 10.1 Å². The highest BCUT2D eigenvalue weighted by Crippen LogP contribution is 2.18. The van der Waals surface area contributed by atoms with Gasteiger partial charge in [0.05, 0.1) is 22.8 Å². The van der Waals surface area contributed by atoms with Gasteiger partial charge in [-0.3, -0.25) is 19.5 Å². The third-order valence-corrected chi connectivity index (χ3v) is 4.79. The van der Waals surface area contributed by atoms with Crippen LogP contribution in [0.25, 0.3) is 10.9 Å². The highest BCUT2D eigenvalue weighted by molar-refractivity contribution is 7.99. The van der Waals surface area contributed by atoms with Crippen molar-refractivity contribution in [2.45, 2.75) is 38.1 Å². The number of ether oxygens (including phenoxy) is 1. The zero-order valence-corrected chi connectivity index (χ0v) is 16.5. The molecule has 0 bridgehead atoms. The molecule has 2 heterocycles. The van der Waals surface area contributed by atoms with Crippen LogP contribution < -0.4 is 10.9 Å². The molecule has 1 aromatic carbocycles. The number of hydrogen-bond acceptors (Lipinski definition) is 7. The third kappa shape index (κ3) is 5.17. The molecule has 148 valence electrons. The molecule has 0 radical (unpaired) electrons. The molecule has 3 aromatic rings. The van der Waals surface area contributed by atoms with E-state index in [1.807, 2.05) is 26.0 Å². The van der Waals surface area contributed by atoms with Crippen LogP contribution in [-0.4, -0.2) is 49.1 Å². The van der Waals surface area contributed by atoms with Crippen LogP contribution in [0, 0.1) is 0 Å². The summed E-state index contributed by atoms with van der Waals surface area (Å²) in [6.45, 7) is 4.96. The van der Waals surface area contributed by atoms with Crippen molar-refractivity contribution in [2.75, 3.05) is 17.7 Å². The van der Waals surface area contributed by atoms with Crippen molar-refractivity contribution in [1.82, 2.24) is 24.7 Å². The van der Waals surface area contributed by atoms with Gasteiger partial charge in [-0.2, -0.15) is 10.1 Å². The molecule has 1 amide bonds. The third-order valence-electron chi connectivity index (χ3n) is 3.81. The van der Waals surface area contributed by atoms with Gasteiger partial charge in [-0.15, -0.1) is 0 Å². The van der Waals surface area contributed by atoms with Crippen molar-refractivity contribution in [3.63, 3.8) is 0 Å². The first-order chi connectivity index (χ1) is 13.5. The first kappa shape index (κ1) is 20.0. The summed E-state index contributed by atoms with van der Waals surface area (Å²) in [6.07, 6.45) is 2.13. The Balaban J connectivity index is 1.77. The minimum absolute atomic E-state index is 0.0912. The topological polar surface area (TPSA) is 115 Å². The summed E-state index contributed by atoms with van der Waals surface area (Å²) in [5, 5.41) is 9.91. The highest BCUT2D eigenvalue weighted by atomic mass is 32.2. The number of benzene rings is 1. The van der Waals surface area contributed by atoms with Crippen LogP contribution in [0.5, 0.6) is 0 Å². The van der Waals surface area contributed by atoms with E-state index in [0.717, 1.165) is 0 Å². The number of carbonyl (C=O) groups excluding carboxylic acids is 1. The molecule has 0 aliphatic carbocycles. The van der Waals surface area contributed by atoms with Gasteiger partial charge in [0.2, 0.25) is 11.9 Å². The average Bonchev–Trinajstić information content (AvgIpc) is 3.18. The Kier molecular flexibility index (Phi) is 6.77. The van der Waals surface area contributed by atoms with Gasteiger partial charge in [0.15, 0.2) is 5.16 Å². The lowest BCUT2D eigenvalue weighted by molar-refractivity contribution is -0.113. The van der Waals surface area contributed by atoms with E-state index in [9.17, 15) is 9.59 Å². The number of para-hydroxylation sites is 1. The molecule has 0 unspecified atom stereocenters. The predicted octanol–water partition coefficient (Wildman–Crippen LogP) is 2.06. The van der Waals surface area contributed by atoms with Gasteiger partial charge in [0.25, 0.3) is 5.56 Å². The largest absolute Gasteiger partial charge is 0.379 e.